The van der Waals surface area contributed by atoms with Crippen LogP contribution in [0.3, 0.4) is 0 Å². The third kappa shape index (κ3) is 7.30. The number of hydrogen-bond donors (Lipinski definition) is 2. The number of nitrogens with one attached hydrogen (secondary N) is 1. The summed E-state index contributed by atoms with van der Waals surface area (Å²) in [7, 11) is 0. The average molecular weight is 213 g/mol. The molecule has 0 atom stereocenters. The van der Waals surface area contributed by atoms with Crippen molar-refractivity contribution in [1.82, 2.24) is 5.32 Å². The Labute approximate surface area is 88.4 Å². The summed E-state index contributed by atoms with van der Waals surface area (Å²) >= 11 is 0. The smallest absolute Gasteiger partial charge is 0.408 e. The van der Waals surface area contributed by atoms with Crippen LogP contribution >= 0.6 is 0 Å². The van der Waals surface area contributed by atoms with E-state index in [-0.39, 0.29) is 6.61 Å². The summed E-state index contributed by atoms with van der Waals surface area (Å²) in [5.41, 5.74) is -0.767. The lowest BCUT2D eigenvalue weighted by Gasteiger charge is -2.21. The topological polar surface area (TPSA) is 75.6 Å². The monoisotopic (exact) mass is 213 g/mol. The summed E-state index contributed by atoms with van der Waals surface area (Å²) in [6.45, 7) is 6.82. The Bertz CT molecular complexity index is 281. The first-order valence-electron chi connectivity index (χ1n) is 4.35. The van der Waals surface area contributed by atoms with E-state index in [2.05, 4.69) is 16.6 Å². The van der Waals surface area contributed by atoms with Gasteiger partial charge in [0.15, 0.2) is 0 Å². The van der Waals surface area contributed by atoms with Crippen LogP contribution in [0.15, 0.2) is 24.8 Å². The standard InChI is InChI=1S/C10H15NO4/c1-4-7-15-9(14)11-10(2,3)6-5-8(12)13/h4-6H,1,7H2,2-3H3,(H,11,14)(H,12,13)/b6-5+. The number of ether oxygens (including phenoxy) is 1. The van der Waals surface area contributed by atoms with E-state index < -0.39 is 17.6 Å². The lowest BCUT2D eigenvalue weighted by Crippen LogP contribution is -2.42. The molecule has 0 aromatic rings. The molecule has 0 unspecified atom stereocenters. The molecule has 0 saturated carbocycles. The van der Waals surface area contributed by atoms with Gasteiger partial charge in [0.05, 0.1) is 5.54 Å². The Morgan fingerprint density at radius 2 is 2.13 bits per heavy atom. The van der Waals surface area contributed by atoms with E-state index in [0.717, 1.165) is 6.08 Å². The Morgan fingerprint density at radius 3 is 2.60 bits per heavy atom. The molecule has 1 amide bonds. The largest absolute Gasteiger partial charge is 0.478 e. The molecular weight excluding hydrogens is 198 g/mol. The summed E-state index contributed by atoms with van der Waals surface area (Å²) < 4.78 is 4.68. The van der Waals surface area contributed by atoms with Crippen molar-refractivity contribution < 1.29 is 19.4 Å². The molecule has 0 rings (SSSR count). The first-order valence-corrected chi connectivity index (χ1v) is 4.35. The molecule has 15 heavy (non-hydrogen) atoms. The fraction of sp³-hybridized carbons (Fsp3) is 0.400. The van der Waals surface area contributed by atoms with Crippen molar-refractivity contribution in [3.05, 3.63) is 24.8 Å². The second-order valence-electron chi connectivity index (χ2n) is 3.41. The zero-order chi connectivity index (χ0) is 11.9. The Balaban J connectivity index is 4.18. The highest BCUT2D eigenvalue weighted by Gasteiger charge is 2.17. The molecule has 0 bridgehead atoms. The van der Waals surface area contributed by atoms with Gasteiger partial charge in [-0.15, -0.1) is 0 Å². The van der Waals surface area contributed by atoms with Gasteiger partial charge in [-0.1, -0.05) is 18.7 Å². The van der Waals surface area contributed by atoms with Crippen molar-refractivity contribution in [2.45, 2.75) is 19.4 Å². The SMILES string of the molecule is C=CCOC(=O)NC(C)(C)/C=C/C(=O)O. The molecule has 0 heterocycles. The van der Waals surface area contributed by atoms with Crippen LogP contribution in [0.5, 0.6) is 0 Å². The van der Waals surface area contributed by atoms with Crippen LogP contribution in [0.4, 0.5) is 4.79 Å². The van der Waals surface area contributed by atoms with Gasteiger partial charge in [0.1, 0.15) is 6.61 Å². The number of alkyl carbamates (subject to hydrolysis) is 1. The molecule has 2 N–H and O–H groups in total. The van der Waals surface area contributed by atoms with Crippen molar-refractivity contribution in [3.63, 3.8) is 0 Å². The number of hydrogen-bond acceptors (Lipinski definition) is 3. The van der Waals surface area contributed by atoms with Gasteiger partial charge in [-0.05, 0) is 13.8 Å². The molecule has 0 aliphatic heterocycles. The molecule has 0 aromatic heterocycles. The molecule has 0 aliphatic rings. The quantitative estimate of drug-likeness (QED) is 0.533. The summed E-state index contributed by atoms with van der Waals surface area (Å²) in [5, 5.41) is 10.9. The predicted octanol–water partition coefficient (Wildman–Crippen LogP) is 1.32. The number of carboxylic acid groups (broad SMARTS) is 1. The zero-order valence-corrected chi connectivity index (χ0v) is 8.82. The van der Waals surface area contributed by atoms with E-state index in [1.54, 1.807) is 13.8 Å². The fourth-order valence-electron chi connectivity index (χ4n) is 0.755. The van der Waals surface area contributed by atoms with Crippen molar-refractivity contribution in [1.29, 1.82) is 0 Å². The van der Waals surface area contributed by atoms with Crippen molar-refractivity contribution in [2.24, 2.45) is 0 Å². The van der Waals surface area contributed by atoms with Crippen LogP contribution in [0.2, 0.25) is 0 Å². The summed E-state index contributed by atoms with van der Waals surface area (Å²) in [6, 6.07) is 0. The maximum Gasteiger partial charge on any atom is 0.408 e. The van der Waals surface area contributed by atoms with Gasteiger partial charge in [0.2, 0.25) is 0 Å². The van der Waals surface area contributed by atoms with Crippen LogP contribution in [-0.2, 0) is 9.53 Å². The van der Waals surface area contributed by atoms with E-state index in [4.69, 9.17) is 5.11 Å². The third-order valence-electron chi connectivity index (χ3n) is 1.40. The number of carbonyl (C=O) groups is 2. The maximum atomic E-state index is 11.1. The normalized spacial score (nSPS) is 11.1. The first-order chi connectivity index (χ1) is 6.87. The molecule has 0 aromatic carbocycles. The van der Waals surface area contributed by atoms with E-state index in [9.17, 15) is 9.59 Å². The predicted molar refractivity (Wildman–Crippen MR) is 55.5 cm³/mol. The molecule has 0 fully saturated rings. The molecule has 0 spiro atoms. The number of rotatable bonds is 5. The van der Waals surface area contributed by atoms with Gasteiger partial charge >= 0.3 is 12.1 Å². The molecule has 0 saturated heterocycles. The number of aliphatic carboxylic acids is 1. The van der Waals surface area contributed by atoms with Crippen LogP contribution in [0.1, 0.15) is 13.8 Å². The maximum absolute atomic E-state index is 11.1. The molecular formula is C10H15NO4. The van der Waals surface area contributed by atoms with Crippen molar-refractivity contribution >= 4 is 12.1 Å². The lowest BCUT2D eigenvalue weighted by molar-refractivity contribution is -0.131. The fourth-order valence-corrected chi connectivity index (χ4v) is 0.755. The van der Waals surface area contributed by atoms with E-state index in [1.165, 1.54) is 12.2 Å². The minimum absolute atomic E-state index is 0.116. The van der Waals surface area contributed by atoms with Crippen LogP contribution in [0.25, 0.3) is 0 Å². The summed E-state index contributed by atoms with van der Waals surface area (Å²) in [4.78, 5) is 21.4. The average Bonchev–Trinajstić information content (AvgIpc) is 2.11. The summed E-state index contributed by atoms with van der Waals surface area (Å²) in [5.74, 6) is -1.07. The Hall–Kier alpha value is -1.78. The van der Waals surface area contributed by atoms with Crippen LogP contribution < -0.4 is 5.32 Å². The van der Waals surface area contributed by atoms with Crippen molar-refractivity contribution in [3.8, 4) is 0 Å². The Kier molecular flexibility index (Phi) is 5.15. The van der Waals surface area contributed by atoms with E-state index in [0.29, 0.717) is 0 Å². The van der Waals surface area contributed by atoms with E-state index in [1.807, 2.05) is 0 Å². The van der Waals surface area contributed by atoms with Gasteiger partial charge in [-0.25, -0.2) is 9.59 Å². The molecule has 0 radical (unpaired) electrons. The van der Waals surface area contributed by atoms with Gasteiger partial charge in [-0.2, -0.15) is 0 Å². The highest BCUT2D eigenvalue weighted by molar-refractivity contribution is 5.80. The molecule has 5 heteroatoms. The second-order valence-corrected chi connectivity index (χ2v) is 3.41. The highest BCUT2D eigenvalue weighted by Crippen LogP contribution is 2.04. The molecule has 5 nitrogen and oxygen atoms in total. The van der Waals surface area contributed by atoms with Gasteiger partial charge in [-0.3, -0.25) is 0 Å². The van der Waals surface area contributed by atoms with Crippen LogP contribution in [0, 0.1) is 0 Å². The summed E-state index contributed by atoms with van der Waals surface area (Å²) in [6.07, 6.45) is 3.16. The third-order valence-corrected chi connectivity index (χ3v) is 1.40. The number of carbonyl (C=O) groups excluding carboxylic acids is 1. The number of carboxylic acids is 1. The van der Waals surface area contributed by atoms with Gasteiger partial charge in [0.25, 0.3) is 0 Å². The molecule has 0 aliphatic carbocycles. The second kappa shape index (κ2) is 5.85. The minimum Gasteiger partial charge on any atom is -0.478 e. The van der Waals surface area contributed by atoms with Gasteiger partial charge in [0, 0.05) is 6.08 Å². The lowest BCUT2D eigenvalue weighted by atomic mass is 10.1. The zero-order valence-electron chi connectivity index (χ0n) is 8.82. The Morgan fingerprint density at radius 1 is 1.53 bits per heavy atom. The van der Waals surface area contributed by atoms with Gasteiger partial charge < -0.3 is 15.2 Å². The first kappa shape index (κ1) is 13.2. The number of amides is 1. The van der Waals surface area contributed by atoms with Crippen molar-refractivity contribution in [2.75, 3.05) is 6.61 Å². The van der Waals surface area contributed by atoms with Crippen LogP contribution in [-0.4, -0.2) is 29.3 Å². The highest BCUT2D eigenvalue weighted by atomic mass is 16.5. The van der Waals surface area contributed by atoms with E-state index >= 15 is 0 Å². The molecule has 84 valence electrons. The minimum atomic E-state index is -1.07.